The van der Waals surface area contributed by atoms with Gasteiger partial charge in [-0.05, 0) is 18.9 Å². The molecule has 0 aromatic heterocycles. The number of rotatable bonds is 5. The lowest BCUT2D eigenvalue weighted by Crippen LogP contribution is -2.35. The number of nitrogens with two attached hydrogens (primary N) is 1. The largest absolute Gasteiger partial charge is 0.397 e. The molecular weight excluding hydrogens is 243 g/mol. The molecule has 0 aliphatic heterocycles. The van der Waals surface area contributed by atoms with Gasteiger partial charge in [-0.3, -0.25) is 0 Å². The van der Waals surface area contributed by atoms with Gasteiger partial charge in [-0.25, -0.2) is 4.39 Å². The first-order chi connectivity index (χ1) is 7.91. The van der Waals surface area contributed by atoms with Crippen LogP contribution in [-0.2, 0) is 0 Å². The quantitative estimate of drug-likeness (QED) is 0.714. The molecule has 0 unspecified atom stereocenters. The van der Waals surface area contributed by atoms with Gasteiger partial charge < -0.3 is 16.2 Å². The molecule has 1 rings (SSSR count). The van der Waals surface area contributed by atoms with Crippen molar-refractivity contribution in [3.63, 3.8) is 0 Å². The second kappa shape index (κ2) is 5.56. The molecule has 0 radical (unpaired) electrons. The van der Waals surface area contributed by atoms with Crippen LogP contribution in [0.3, 0.4) is 0 Å². The van der Waals surface area contributed by atoms with E-state index in [4.69, 9.17) is 17.3 Å². The van der Waals surface area contributed by atoms with Crippen molar-refractivity contribution in [3.05, 3.63) is 23.0 Å². The van der Waals surface area contributed by atoms with Crippen molar-refractivity contribution in [1.82, 2.24) is 0 Å². The van der Waals surface area contributed by atoms with Crippen LogP contribution in [0.15, 0.2) is 12.1 Å². The van der Waals surface area contributed by atoms with E-state index >= 15 is 0 Å². The Morgan fingerprint density at radius 3 is 2.53 bits per heavy atom. The van der Waals surface area contributed by atoms with Crippen molar-refractivity contribution in [2.75, 3.05) is 17.6 Å². The number of halogens is 2. The van der Waals surface area contributed by atoms with Gasteiger partial charge in [-0.1, -0.05) is 25.4 Å². The molecule has 0 saturated carbocycles. The van der Waals surface area contributed by atoms with Gasteiger partial charge in [0.2, 0.25) is 0 Å². The molecule has 0 aliphatic rings. The maximum Gasteiger partial charge on any atom is 0.143 e. The van der Waals surface area contributed by atoms with E-state index in [1.54, 1.807) is 0 Å². The van der Waals surface area contributed by atoms with Crippen LogP contribution in [0, 0.1) is 5.82 Å². The molecule has 0 spiro atoms. The highest BCUT2D eigenvalue weighted by atomic mass is 35.5. The first-order valence-electron chi connectivity index (χ1n) is 5.62. The highest BCUT2D eigenvalue weighted by molar-refractivity contribution is 6.31. The van der Waals surface area contributed by atoms with Crippen LogP contribution in [0.25, 0.3) is 0 Å². The van der Waals surface area contributed by atoms with Crippen LogP contribution in [0.2, 0.25) is 5.02 Å². The zero-order valence-electron chi connectivity index (χ0n) is 10.1. The van der Waals surface area contributed by atoms with E-state index in [0.29, 0.717) is 25.1 Å². The topological polar surface area (TPSA) is 58.3 Å². The zero-order chi connectivity index (χ0) is 13.1. The standard InChI is InChI=1S/C12H18ClFN2O/c1-3-12(17,4-2)7-16-11-5-8(13)9(14)6-10(11)15/h5-6,16-17H,3-4,7,15H2,1-2H3. The monoisotopic (exact) mass is 260 g/mol. The molecule has 0 heterocycles. The minimum Gasteiger partial charge on any atom is -0.397 e. The van der Waals surface area contributed by atoms with Crippen LogP contribution < -0.4 is 11.1 Å². The molecule has 0 amide bonds. The maximum absolute atomic E-state index is 13.1. The Balaban J connectivity index is 2.79. The van der Waals surface area contributed by atoms with Crippen LogP contribution in [0.1, 0.15) is 26.7 Å². The van der Waals surface area contributed by atoms with Crippen molar-refractivity contribution < 1.29 is 9.50 Å². The van der Waals surface area contributed by atoms with Crippen LogP contribution in [0.4, 0.5) is 15.8 Å². The van der Waals surface area contributed by atoms with E-state index in [1.165, 1.54) is 12.1 Å². The Bertz CT molecular complexity index is 394. The second-order valence-corrected chi connectivity index (χ2v) is 4.55. The Kier molecular flexibility index (Phi) is 4.60. The summed E-state index contributed by atoms with van der Waals surface area (Å²) < 4.78 is 13.1. The fourth-order valence-corrected chi connectivity index (χ4v) is 1.64. The maximum atomic E-state index is 13.1. The molecule has 0 saturated heterocycles. The molecule has 0 atom stereocenters. The minimum atomic E-state index is -0.784. The molecule has 17 heavy (non-hydrogen) atoms. The summed E-state index contributed by atoms with van der Waals surface area (Å²) >= 11 is 5.67. The molecular formula is C12H18ClFN2O. The predicted octanol–water partition coefficient (Wildman–Crippen LogP) is 3.02. The van der Waals surface area contributed by atoms with Gasteiger partial charge >= 0.3 is 0 Å². The van der Waals surface area contributed by atoms with Crippen LogP contribution in [-0.4, -0.2) is 17.3 Å². The molecule has 5 heteroatoms. The average Bonchev–Trinajstić information content (AvgIpc) is 2.32. The number of aliphatic hydroxyl groups is 1. The van der Waals surface area contributed by atoms with Gasteiger partial charge in [0.05, 0.1) is 22.0 Å². The molecule has 4 N–H and O–H groups in total. The number of hydrogen-bond donors (Lipinski definition) is 3. The number of benzene rings is 1. The summed E-state index contributed by atoms with van der Waals surface area (Å²) in [5, 5.41) is 13.1. The number of anilines is 2. The van der Waals surface area contributed by atoms with Gasteiger partial charge in [0.15, 0.2) is 0 Å². The highest BCUT2D eigenvalue weighted by Gasteiger charge is 2.22. The third kappa shape index (κ3) is 3.48. The van der Waals surface area contributed by atoms with Gasteiger partial charge in [0, 0.05) is 12.6 Å². The van der Waals surface area contributed by atoms with Gasteiger partial charge in [0.25, 0.3) is 0 Å². The first kappa shape index (κ1) is 14.1. The number of nitrogen functional groups attached to an aromatic ring is 1. The summed E-state index contributed by atoms with van der Waals surface area (Å²) in [6, 6.07) is 2.60. The Hall–Kier alpha value is -1.00. The van der Waals surface area contributed by atoms with Crippen molar-refractivity contribution >= 4 is 23.0 Å². The minimum absolute atomic E-state index is 0.0123. The smallest absolute Gasteiger partial charge is 0.143 e. The Morgan fingerprint density at radius 2 is 2.00 bits per heavy atom. The van der Waals surface area contributed by atoms with Crippen molar-refractivity contribution in [1.29, 1.82) is 0 Å². The van der Waals surface area contributed by atoms with Crippen LogP contribution in [0.5, 0.6) is 0 Å². The number of hydrogen-bond acceptors (Lipinski definition) is 3. The normalized spacial score (nSPS) is 11.6. The van der Waals surface area contributed by atoms with E-state index in [0.717, 1.165) is 0 Å². The lowest BCUT2D eigenvalue weighted by Gasteiger charge is -2.26. The van der Waals surface area contributed by atoms with E-state index in [-0.39, 0.29) is 10.7 Å². The lowest BCUT2D eigenvalue weighted by atomic mass is 9.97. The molecule has 96 valence electrons. The third-order valence-electron chi connectivity index (χ3n) is 3.02. The molecule has 0 fully saturated rings. The van der Waals surface area contributed by atoms with Gasteiger partial charge in [0.1, 0.15) is 5.82 Å². The second-order valence-electron chi connectivity index (χ2n) is 4.14. The molecule has 0 aliphatic carbocycles. The fourth-order valence-electron chi connectivity index (χ4n) is 1.48. The van der Waals surface area contributed by atoms with Crippen molar-refractivity contribution in [2.45, 2.75) is 32.3 Å². The molecule has 0 bridgehead atoms. The Labute approximate surface area is 106 Å². The summed E-state index contributed by atoms with van der Waals surface area (Å²) in [5.74, 6) is -0.545. The number of nitrogens with one attached hydrogen (secondary N) is 1. The summed E-state index contributed by atoms with van der Waals surface area (Å²) in [6.07, 6.45) is 1.26. The highest BCUT2D eigenvalue weighted by Crippen LogP contribution is 2.27. The summed E-state index contributed by atoms with van der Waals surface area (Å²) in [6.45, 7) is 4.17. The fraction of sp³-hybridized carbons (Fsp3) is 0.500. The van der Waals surface area contributed by atoms with Crippen LogP contribution >= 0.6 is 11.6 Å². The molecule has 1 aromatic rings. The molecule has 3 nitrogen and oxygen atoms in total. The first-order valence-corrected chi connectivity index (χ1v) is 6.00. The third-order valence-corrected chi connectivity index (χ3v) is 3.31. The lowest BCUT2D eigenvalue weighted by molar-refractivity contribution is 0.0457. The van der Waals surface area contributed by atoms with E-state index < -0.39 is 11.4 Å². The van der Waals surface area contributed by atoms with E-state index in [1.807, 2.05) is 13.8 Å². The zero-order valence-corrected chi connectivity index (χ0v) is 10.8. The summed E-state index contributed by atoms with van der Waals surface area (Å²) in [4.78, 5) is 0. The van der Waals surface area contributed by atoms with Gasteiger partial charge in [-0.15, -0.1) is 0 Å². The van der Waals surface area contributed by atoms with Gasteiger partial charge in [-0.2, -0.15) is 0 Å². The predicted molar refractivity (Wildman–Crippen MR) is 69.8 cm³/mol. The van der Waals surface area contributed by atoms with Crippen molar-refractivity contribution in [2.24, 2.45) is 0 Å². The summed E-state index contributed by atoms with van der Waals surface area (Å²) in [7, 11) is 0. The Morgan fingerprint density at radius 1 is 1.41 bits per heavy atom. The summed E-state index contributed by atoms with van der Waals surface area (Å²) in [5.41, 5.74) is 5.69. The average molecular weight is 261 g/mol. The molecule has 1 aromatic carbocycles. The SMILES string of the molecule is CCC(O)(CC)CNc1cc(Cl)c(F)cc1N. The van der Waals surface area contributed by atoms with E-state index in [9.17, 15) is 9.50 Å². The van der Waals surface area contributed by atoms with Crippen molar-refractivity contribution in [3.8, 4) is 0 Å². The van der Waals surface area contributed by atoms with E-state index in [2.05, 4.69) is 5.32 Å².